The lowest BCUT2D eigenvalue weighted by molar-refractivity contribution is 0.104. The Kier molecular flexibility index (Phi) is 4.26. The van der Waals surface area contributed by atoms with Crippen LogP contribution in [0.2, 0.25) is 0 Å². The van der Waals surface area contributed by atoms with Crippen molar-refractivity contribution < 1.29 is 9.53 Å². The van der Waals surface area contributed by atoms with Crippen molar-refractivity contribution in [3.63, 3.8) is 0 Å². The Labute approximate surface area is 89.0 Å². The van der Waals surface area contributed by atoms with E-state index in [0.717, 1.165) is 0 Å². The standard InChI is InChI=1S/C11H12O2S/c1-2-13-11(14)8-10(12)9-6-4-3-5-7-9/h3-8,14H,2H2,1H3/b11-8+. The van der Waals surface area contributed by atoms with Gasteiger partial charge in [-0.15, -0.1) is 12.6 Å². The highest BCUT2D eigenvalue weighted by Crippen LogP contribution is 2.07. The summed E-state index contributed by atoms with van der Waals surface area (Å²) in [6.07, 6.45) is 1.38. The first-order valence-corrected chi connectivity index (χ1v) is 4.81. The molecule has 74 valence electrons. The van der Waals surface area contributed by atoms with Gasteiger partial charge in [-0.1, -0.05) is 30.3 Å². The molecule has 3 heteroatoms. The number of ether oxygens (including phenoxy) is 1. The molecular weight excluding hydrogens is 196 g/mol. The van der Waals surface area contributed by atoms with Gasteiger partial charge >= 0.3 is 0 Å². The lowest BCUT2D eigenvalue weighted by atomic mass is 10.1. The van der Waals surface area contributed by atoms with Crippen LogP contribution in [0.4, 0.5) is 0 Å². The number of allylic oxidation sites excluding steroid dienone is 1. The average molecular weight is 208 g/mol. The summed E-state index contributed by atoms with van der Waals surface area (Å²) < 4.78 is 5.04. The lowest BCUT2D eigenvalue weighted by Crippen LogP contribution is -1.96. The van der Waals surface area contributed by atoms with Gasteiger partial charge in [0.25, 0.3) is 0 Å². The zero-order chi connectivity index (χ0) is 10.4. The minimum Gasteiger partial charge on any atom is -0.488 e. The van der Waals surface area contributed by atoms with E-state index < -0.39 is 0 Å². The highest BCUT2D eigenvalue weighted by molar-refractivity contribution is 7.84. The number of carbonyl (C=O) groups is 1. The number of ketones is 1. The van der Waals surface area contributed by atoms with E-state index >= 15 is 0 Å². The molecule has 0 aliphatic carbocycles. The molecule has 0 unspecified atom stereocenters. The predicted molar refractivity (Wildman–Crippen MR) is 59.5 cm³/mol. The molecule has 0 saturated carbocycles. The fourth-order valence-electron chi connectivity index (χ4n) is 0.987. The zero-order valence-corrected chi connectivity index (χ0v) is 8.83. The molecule has 14 heavy (non-hydrogen) atoms. The first kappa shape index (κ1) is 10.9. The number of thiol groups is 1. The Morgan fingerprint density at radius 3 is 2.64 bits per heavy atom. The molecule has 1 aromatic rings. The first-order valence-electron chi connectivity index (χ1n) is 4.37. The van der Waals surface area contributed by atoms with Gasteiger partial charge in [-0.2, -0.15) is 0 Å². The molecule has 0 aliphatic rings. The number of benzene rings is 1. The summed E-state index contributed by atoms with van der Waals surface area (Å²) in [5.41, 5.74) is 0.638. The third kappa shape index (κ3) is 3.26. The van der Waals surface area contributed by atoms with Crippen molar-refractivity contribution in [1.82, 2.24) is 0 Å². The normalized spacial score (nSPS) is 11.1. The molecule has 0 amide bonds. The van der Waals surface area contributed by atoms with Crippen molar-refractivity contribution in [3.05, 3.63) is 47.1 Å². The molecular formula is C11H12O2S. The molecule has 0 aliphatic heterocycles. The number of hydrogen-bond acceptors (Lipinski definition) is 3. The quantitative estimate of drug-likeness (QED) is 0.356. The molecule has 1 aromatic carbocycles. The van der Waals surface area contributed by atoms with Crippen LogP contribution >= 0.6 is 12.6 Å². The van der Waals surface area contributed by atoms with E-state index in [4.69, 9.17) is 4.74 Å². The van der Waals surface area contributed by atoms with Crippen molar-refractivity contribution in [2.45, 2.75) is 6.92 Å². The van der Waals surface area contributed by atoms with Gasteiger partial charge in [-0.3, -0.25) is 4.79 Å². The largest absolute Gasteiger partial charge is 0.488 e. The number of hydrogen-bond donors (Lipinski definition) is 1. The van der Waals surface area contributed by atoms with Crippen LogP contribution in [0.5, 0.6) is 0 Å². The SMILES string of the molecule is CCO/C(S)=C\C(=O)c1ccccc1. The van der Waals surface area contributed by atoms with Crippen molar-refractivity contribution >= 4 is 18.4 Å². The van der Waals surface area contributed by atoms with Crippen LogP contribution in [0.25, 0.3) is 0 Å². The van der Waals surface area contributed by atoms with Crippen molar-refractivity contribution in [2.75, 3.05) is 6.61 Å². The molecule has 0 N–H and O–H groups in total. The number of rotatable bonds is 4. The van der Waals surface area contributed by atoms with Gasteiger partial charge in [0.15, 0.2) is 10.9 Å². The summed E-state index contributed by atoms with van der Waals surface area (Å²) in [6.45, 7) is 2.36. The maximum Gasteiger partial charge on any atom is 0.190 e. The van der Waals surface area contributed by atoms with Gasteiger partial charge in [-0.25, -0.2) is 0 Å². The minimum atomic E-state index is -0.0935. The van der Waals surface area contributed by atoms with E-state index in [1.807, 2.05) is 25.1 Å². The summed E-state index contributed by atoms with van der Waals surface area (Å²) in [7, 11) is 0. The van der Waals surface area contributed by atoms with Crippen LogP contribution in [-0.2, 0) is 4.74 Å². The van der Waals surface area contributed by atoms with Gasteiger partial charge in [-0.05, 0) is 6.92 Å². The first-order chi connectivity index (χ1) is 6.74. The van der Waals surface area contributed by atoms with Crippen LogP contribution < -0.4 is 0 Å². The maximum absolute atomic E-state index is 11.5. The highest BCUT2D eigenvalue weighted by Gasteiger charge is 2.02. The van der Waals surface area contributed by atoms with Crippen LogP contribution in [0.1, 0.15) is 17.3 Å². The Morgan fingerprint density at radius 2 is 2.07 bits per heavy atom. The molecule has 0 heterocycles. The Balaban J connectivity index is 2.72. The third-order valence-corrected chi connectivity index (χ3v) is 1.86. The summed E-state index contributed by atoms with van der Waals surface area (Å²) >= 11 is 4.02. The third-order valence-electron chi connectivity index (χ3n) is 1.61. The summed E-state index contributed by atoms with van der Waals surface area (Å²) in [5, 5.41) is 0.348. The fraction of sp³-hybridized carbons (Fsp3) is 0.182. The molecule has 0 radical (unpaired) electrons. The lowest BCUT2D eigenvalue weighted by Gasteiger charge is -2.00. The molecule has 0 fully saturated rings. The maximum atomic E-state index is 11.5. The van der Waals surface area contributed by atoms with Crippen LogP contribution in [0, 0.1) is 0 Å². The molecule has 2 nitrogen and oxygen atoms in total. The zero-order valence-electron chi connectivity index (χ0n) is 7.93. The smallest absolute Gasteiger partial charge is 0.190 e. The van der Waals surface area contributed by atoms with Crippen molar-refractivity contribution in [1.29, 1.82) is 0 Å². The Morgan fingerprint density at radius 1 is 1.43 bits per heavy atom. The van der Waals surface area contributed by atoms with Gasteiger partial charge in [0, 0.05) is 11.6 Å². The van der Waals surface area contributed by atoms with E-state index in [0.29, 0.717) is 17.3 Å². The fourth-order valence-corrected chi connectivity index (χ4v) is 1.23. The van der Waals surface area contributed by atoms with E-state index in [2.05, 4.69) is 12.6 Å². The molecule has 0 atom stereocenters. The summed E-state index contributed by atoms with van der Waals surface area (Å²) in [5.74, 6) is -0.0935. The monoisotopic (exact) mass is 208 g/mol. The topological polar surface area (TPSA) is 26.3 Å². The van der Waals surface area contributed by atoms with Crippen LogP contribution in [-0.4, -0.2) is 12.4 Å². The van der Waals surface area contributed by atoms with Crippen LogP contribution in [0.3, 0.4) is 0 Å². The summed E-state index contributed by atoms with van der Waals surface area (Å²) in [6, 6.07) is 9.02. The van der Waals surface area contributed by atoms with E-state index in [-0.39, 0.29) is 5.78 Å². The van der Waals surface area contributed by atoms with E-state index in [9.17, 15) is 4.79 Å². The van der Waals surface area contributed by atoms with Gasteiger partial charge < -0.3 is 4.74 Å². The van der Waals surface area contributed by atoms with Crippen molar-refractivity contribution in [2.24, 2.45) is 0 Å². The summed E-state index contributed by atoms with van der Waals surface area (Å²) in [4.78, 5) is 11.5. The van der Waals surface area contributed by atoms with E-state index in [1.165, 1.54) is 6.08 Å². The molecule has 0 aromatic heterocycles. The molecule has 0 saturated heterocycles. The van der Waals surface area contributed by atoms with Crippen LogP contribution in [0.15, 0.2) is 41.5 Å². The second-order valence-electron chi connectivity index (χ2n) is 2.65. The predicted octanol–water partition coefficient (Wildman–Crippen LogP) is 2.68. The minimum absolute atomic E-state index is 0.0935. The molecule has 0 spiro atoms. The highest BCUT2D eigenvalue weighted by atomic mass is 32.1. The average Bonchev–Trinajstić information content (AvgIpc) is 2.19. The number of carbonyl (C=O) groups excluding carboxylic acids is 1. The van der Waals surface area contributed by atoms with Gasteiger partial charge in [0.05, 0.1) is 6.61 Å². The van der Waals surface area contributed by atoms with Gasteiger partial charge in [0.2, 0.25) is 0 Å². The molecule has 0 bridgehead atoms. The Hall–Kier alpha value is -1.22. The second-order valence-corrected chi connectivity index (χ2v) is 3.09. The van der Waals surface area contributed by atoms with Crippen molar-refractivity contribution in [3.8, 4) is 0 Å². The van der Waals surface area contributed by atoms with E-state index in [1.54, 1.807) is 12.1 Å². The van der Waals surface area contributed by atoms with Gasteiger partial charge in [0.1, 0.15) is 0 Å². The Bertz CT molecular complexity index is 330. The molecule has 1 rings (SSSR count). The second kappa shape index (κ2) is 5.50.